The van der Waals surface area contributed by atoms with E-state index >= 15 is 0 Å². The van der Waals surface area contributed by atoms with E-state index < -0.39 is 6.10 Å². The largest absolute Gasteiger partial charge is 0.506 e. The van der Waals surface area contributed by atoms with Crippen molar-refractivity contribution in [1.82, 2.24) is 9.88 Å². The number of rotatable bonds is 5. The molecule has 4 atom stereocenters. The van der Waals surface area contributed by atoms with E-state index in [-0.39, 0.29) is 11.9 Å². The average molecular weight is 365 g/mol. The Morgan fingerprint density at radius 3 is 2.44 bits per heavy atom. The van der Waals surface area contributed by atoms with Crippen LogP contribution in [0.25, 0.3) is 0 Å². The summed E-state index contributed by atoms with van der Waals surface area (Å²) >= 11 is 0. The van der Waals surface area contributed by atoms with Crippen molar-refractivity contribution in [3.63, 3.8) is 0 Å². The predicted octanol–water partition coefficient (Wildman–Crippen LogP) is 2.48. The molecule has 2 N–H and O–H groups in total. The molecule has 4 rings (SSSR count). The molecule has 1 saturated heterocycles. The molecule has 1 unspecified atom stereocenters. The molecule has 0 radical (unpaired) electrons. The number of nitrogens with zero attached hydrogens (tertiary/aromatic N) is 3. The number of aromatic nitrogens is 1. The first-order valence-corrected chi connectivity index (χ1v) is 9.33. The first kappa shape index (κ1) is 17.8. The molecule has 2 aromatic rings. The third kappa shape index (κ3) is 4.05. The van der Waals surface area contributed by atoms with Crippen LogP contribution in [0, 0.1) is 23.2 Å². The number of β-amino-alcohol motifs (C(OH)–C–C–N with tert-alkyl or cyclic N) is 1. The fourth-order valence-corrected chi connectivity index (χ4v) is 4.32. The summed E-state index contributed by atoms with van der Waals surface area (Å²) in [5.41, 5.74) is 1.23. The normalized spacial score (nSPS) is 25.7. The molecule has 2 heterocycles. The first-order chi connectivity index (χ1) is 13.1. The van der Waals surface area contributed by atoms with Gasteiger partial charge in [0.2, 0.25) is 0 Å². The van der Waals surface area contributed by atoms with Crippen molar-refractivity contribution in [3.8, 4) is 17.6 Å². The Labute approximate surface area is 158 Å². The van der Waals surface area contributed by atoms with Gasteiger partial charge in [-0.05, 0) is 61.1 Å². The number of aromatic hydroxyl groups is 1. The summed E-state index contributed by atoms with van der Waals surface area (Å²) in [6.45, 7) is 2.49. The highest BCUT2D eigenvalue weighted by Crippen LogP contribution is 2.40. The van der Waals surface area contributed by atoms with Gasteiger partial charge in [0.1, 0.15) is 17.6 Å². The summed E-state index contributed by atoms with van der Waals surface area (Å²) in [4.78, 5) is 6.39. The summed E-state index contributed by atoms with van der Waals surface area (Å²) in [5, 5.41) is 28.6. The Kier molecular flexibility index (Phi) is 4.97. The Bertz CT molecular complexity index is 802. The fourth-order valence-electron chi connectivity index (χ4n) is 4.32. The Morgan fingerprint density at radius 1 is 1.15 bits per heavy atom. The molecule has 0 amide bonds. The minimum atomic E-state index is -0.643. The van der Waals surface area contributed by atoms with E-state index in [0.29, 0.717) is 29.6 Å². The second-order valence-corrected chi connectivity index (χ2v) is 7.54. The fraction of sp³-hybridized carbons (Fsp3) is 0.429. The number of nitriles is 1. The lowest BCUT2D eigenvalue weighted by molar-refractivity contribution is 0.113. The van der Waals surface area contributed by atoms with Crippen molar-refractivity contribution in [2.24, 2.45) is 11.8 Å². The zero-order chi connectivity index (χ0) is 18.8. The predicted molar refractivity (Wildman–Crippen MR) is 99.1 cm³/mol. The molecule has 6 nitrogen and oxygen atoms in total. The standard InChI is InChI=1S/C21H23N3O3/c22-9-14-1-4-18(5-2-14)27-19-7-15-11-24(12-16(15)8-19)13-21(26)20-6-3-17(25)10-23-20/h1-6,10,15-16,19,21,25-26H,7-8,11-13H2/t15-,16+,19+,21?. The summed E-state index contributed by atoms with van der Waals surface area (Å²) in [6, 6.07) is 12.6. The van der Waals surface area contributed by atoms with Gasteiger partial charge >= 0.3 is 0 Å². The van der Waals surface area contributed by atoms with Crippen LogP contribution in [0.3, 0.4) is 0 Å². The molecular weight excluding hydrogens is 342 g/mol. The highest BCUT2D eigenvalue weighted by molar-refractivity contribution is 5.34. The van der Waals surface area contributed by atoms with Crippen molar-refractivity contribution >= 4 is 0 Å². The van der Waals surface area contributed by atoms with Gasteiger partial charge in [0, 0.05) is 19.6 Å². The van der Waals surface area contributed by atoms with Crippen LogP contribution in [0.15, 0.2) is 42.6 Å². The van der Waals surface area contributed by atoms with Gasteiger partial charge in [-0.2, -0.15) is 5.26 Å². The van der Waals surface area contributed by atoms with Crippen LogP contribution in [0.4, 0.5) is 0 Å². The van der Waals surface area contributed by atoms with E-state index in [1.165, 1.54) is 6.20 Å². The van der Waals surface area contributed by atoms with Gasteiger partial charge in [0.05, 0.1) is 29.6 Å². The maximum absolute atomic E-state index is 10.4. The van der Waals surface area contributed by atoms with Gasteiger partial charge in [-0.1, -0.05) is 0 Å². The van der Waals surface area contributed by atoms with E-state index in [2.05, 4.69) is 16.0 Å². The number of fused-ring (bicyclic) bond motifs is 1. The van der Waals surface area contributed by atoms with E-state index in [1.807, 2.05) is 12.1 Å². The summed E-state index contributed by atoms with van der Waals surface area (Å²) in [5.74, 6) is 2.11. The lowest BCUT2D eigenvalue weighted by atomic mass is 10.0. The maximum atomic E-state index is 10.4. The summed E-state index contributed by atoms with van der Waals surface area (Å²) in [6.07, 6.45) is 2.99. The maximum Gasteiger partial charge on any atom is 0.133 e. The third-order valence-electron chi connectivity index (χ3n) is 5.61. The van der Waals surface area contributed by atoms with Crippen LogP contribution >= 0.6 is 0 Å². The summed E-state index contributed by atoms with van der Waals surface area (Å²) < 4.78 is 6.10. The Balaban J connectivity index is 1.27. The van der Waals surface area contributed by atoms with Gasteiger partial charge in [0.15, 0.2) is 0 Å². The van der Waals surface area contributed by atoms with Crippen LogP contribution < -0.4 is 4.74 Å². The number of hydrogen-bond acceptors (Lipinski definition) is 6. The number of likely N-dealkylation sites (tertiary alicyclic amines) is 1. The molecule has 1 aliphatic heterocycles. The molecule has 1 saturated carbocycles. The minimum Gasteiger partial charge on any atom is -0.506 e. The Morgan fingerprint density at radius 2 is 1.85 bits per heavy atom. The van der Waals surface area contributed by atoms with Gasteiger partial charge in [-0.15, -0.1) is 0 Å². The molecule has 0 spiro atoms. The van der Waals surface area contributed by atoms with Gasteiger partial charge in [-0.25, -0.2) is 0 Å². The molecule has 27 heavy (non-hydrogen) atoms. The van der Waals surface area contributed by atoms with Crippen molar-refractivity contribution in [2.75, 3.05) is 19.6 Å². The van der Waals surface area contributed by atoms with Crippen molar-refractivity contribution in [2.45, 2.75) is 25.0 Å². The smallest absolute Gasteiger partial charge is 0.133 e. The van der Waals surface area contributed by atoms with Crippen LogP contribution in [0.1, 0.15) is 30.2 Å². The lowest BCUT2D eigenvalue weighted by Crippen LogP contribution is -2.29. The van der Waals surface area contributed by atoms with Gasteiger partial charge < -0.3 is 14.9 Å². The number of aliphatic hydroxyl groups is 1. The molecule has 6 heteroatoms. The van der Waals surface area contributed by atoms with Crippen LogP contribution in [-0.4, -0.2) is 45.8 Å². The molecular formula is C21H23N3O3. The zero-order valence-electron chi connectivity index (χ0n) is 15.0. The summed E-state index contributed by atoms with van der Waals surface area (Å²) in [7, 11) is 0. The third-order valence-corrected chi connectivity index (χ3v) is 5.61. The Hall–Kier alpha value is -2.62. The monoisotopic (exact) mass is 365 g/mol. The second-order valence-electron chi connectivity index (χ2n) is 7.54. The number of hydrogen-bond donors (Lipinski definition) is 2. The molecule has 140 valence electrons. The second kappa shape index (κ2) is 7.55. The molecule has 1 aliphatic carbocycles. The first-order valence-electron chi connectivity index (χ1n) is 9.33. The van der Waals surface area contributed by atoms with Crippen LogP contribution in [0.2, 0.25) is 0 Å². The molecule has 2 fully saturated rings. The van der Waals surface area contributed by atoms with E-state index in [0.717, 1.165) is 31.7 Å². The highest BCUT2D eigenvalue weighted by Gasteiger charge is 2.42. The van der Waals surface area contributed by atoms with Crippen molar-refractivity contribution in [3.05, 3.63) is 53.9 Å². The van der Waals surface area contributed by atoms with E-state index in [4.69, 9.17) is 10.00 Å². The number of ether oxygens (including phenoxy) is 1. The van der Waals surface area contributed by atoms with Gasteiger partial charge in [-0.3, -0.25) is 9.88 Å². The quantitative estimate of drug-likeness (QED) is 0.846. The molecule has 0 bridgehead atoms. The number of pyridine rings is 1. The van der Waals surface area contributed by atoms with Crippen molar-refractivity contribution < 1.29 is 14.9 Å². The van der Waals surface area contributed by atoms with E-state index in [9.17, 15) is 10.2 Å². The van der Waals surface area contributed by atoms with Crippen molar-refractivity contribution in [1.29, 1.82) is 5.26 Å². The lowest BCUT2D eigenvalue weighted by Gasteiger charge is -2.22. The topological polar surface area (TPSA) is 89.6 Å². The van der Waals surface area contributed by atoms with Crippen LogP contribution in [-0.2, 0) is 0 Å². The highest BCUT2D eigenvalue weighted by atomic mass is 16.5. The van der Waals surface area contributed by atoms with E-state index in [1.54, 1.807) is 24.3 Å². The SMILES string of the molecule is N#Cc1ccc(O[C@H]2C[C@@H]3CN(CC(O)c4ccc(O)cn4)C[C@@H]3C2)cc1. The average Bonchev–Trinajstić information content (AvgIpc) is 3.20. The number of aliphatic hydroxyl groups excluding tert-OH is 1. The molecule has 1 aromatic carbocycles. The molecule has 1 aromatic heterocycles. The molecule has 2 aliphatic rings. The van der Waals surface area contributed by atoms with Crippen LogP contribution in [0.5, 0.6) is 11.5 Å². The zero-order valence-corrected chi connectivity index (χ0v) is 15.0. The number of benzene rings is 1. The van der Waals surface area contributed by atoms with Gasteiger partial charge in [0.25, 0.3) is 0 Å². The minimum absolute atomic E-state index is 0.106.